The third-order valence-electron chi connectivity index (χ3n) is 4.84. The van der Waals surface area contributed by atoms with E-state index in [1.54, 1.807) is 11.0 Å². The fourth-order valence-corrected chi connectivity index (χ4v) is 3.51. The molecule has 1 aliphatic rings. The number of fused-ring (bicyclic) bond motifs is 1. The summed E-state index contributed by atoms with van der Waals surface area (Å²) >= 11 is 0. The van der Waals surface area contributed by atoms with E-state index < -0.39 is 5.60 Å². The zero-order chi connectivity index (χ0) is 20.6. The van der Waals surface area contributed by atoms with Crippen LogP contribution in [-0.2, 0) is 4.74 Å². The van der Waals surface area contributed by atoms with Crippen LogP contribution in [0.1, 0.15) is 51.0 Å². The Bertz CT molecular complexity index is 1110. The summed E-state index contributed by atoms with van der Waals surface area (Å²) in [7, 11) is 0. The van der Waals surface area contributed by atoms with Crippen molar-refractivity contribution in [2.24, 2.45) is 0 Å². The average Bonchev–Trinajstić information content (AvgIpc) is 3.35. The standard InChI is InChI=1S/C22H22N4O3/c1-22(2,3)28-21(27)26-10-4-5-18(26)19-24-20(29-25-19)16-9-8-15-7-6-14(13-23)11-17(15)12-16/h6-9,11-12,18H,4-5,10H2,1-3H3. The number of nitriles is 1. The number of carbonyl (C=O) groups is 1. The summed E-state index contributed by atoms with van der Waals surface area (Å²) in [6.45, 7) is 6.15. The van der Waals surface area contributed by atoms with Gasteiger partial charge in [0.25, 0.3) is 5.89 Å². The van der Waals surface area contributed by atoms with Crippen LogP contribution in [0.15, 0.2) is 40.9 Å². The molecule has 0 aliphatic carbocycles. The van der Waals surface area contributed by atoms with Crippen LogP contribution in [0.25, 0.3) is 22.2 Å². The molecule has 7 heteroatoms. The van der Waals surface area contributed by atoms with E-state index in [0.29, 0.717) is 23.8 Å². The summed E-state index contributed by atoms with van der Waals surface area (Å²) in [6.07, 6.45) is 1.27. The highest BCUT2D eigenvalue weighted by atomic mass is 16.6. The molecular weight excluding hydrogens is 368 g/mol. The Balaban J connectivity index is 1.60. The van der Waals surface area contributed by atoms with Gasteiger partial charge in [-0.25, -0.2) is 4.79 Å². The van der Waals surface area contributed by atoms with Gasteiger partial charge in [0.1, 0.15) is 5.60 Å². The Morgan fingerprint density at radius 1 is 1.24 bits per heavy atom. The lowest BCUT2D eigenvalue weighted by Gasteiger charge is -2.27. The molecule has 2 aromatic carbocycles. The lowest BCUT2D eigenvalue weighted by molar-refractivity contribution is 0.0217. The van der Waals surface area contributed by atoms with Crippen molar-refractivity contribution in [2.45, 2.75) is 45.3 Å². The second-order valence-electron chi connectivity index (χ2n) is 8.18. The number of carbonyl (C=O) groups excluding carboxylic acids is 1. The number of likely N-dealkylation sites (tertiary alicyclic amines) is 1. The van der Waals surface area contributed by atoms with E-state index in [1.165, 1.54) is 0 Å². The second kappa shape index (κ2) is 7.21. The summed E-state index contributed by atoms with van der Waals surface area (Å²) in [5.74, 6) is 0.870. The molecule has 0 spiro atoms. The van der Waals surface area contributed by atoms with Gasteiger partial charge in [0.2, 0.25) is 0 Å². The normalized spacial score (nSPS) is 16.8. The Kier molecular flexibility index (Phi) is 4.71. The van der Waals surface area contributed by atoms with Gasteiger partial charge in [0, 0.05) is 12.1 Å². The Morgan fingerprint density at radius 3 is 2.79 bits per heavy atom. The van der Waals surface area contributed by atoms with Crippen LogP contribution >= 0.6 is 0 Å². The zero-order valence-corrected chi connectivity index (χ0v) is 16.7. The number of amides is 1. The van der Waals surface area contributed by atoms with Crippen molar-refractivity contribution < 1.29 is 14.1 Å². The largest absolute Gasteiger partial charge is 0.444 e. The maximum absolute atomic E-state index is 12.5. The number of hydrogen-bond acceptors (Lipinski definition) is 6. The monoisotopic (exact) mass is 390 g/mol. The van der Waals surface area contributed by atoms with Gasteiger partial charge in [-0.1, -0.05) is 17.3 Å². The number of rotatable bonds is 2. The molecule has 1 fully saturated rings. The van der Waals surface area contributed by atoms with Crippen LogP contribution in [0.5, 0.6) is 0 Å². The predicted octanol–water partition coefficient (Wildman–Crippen LogP) is 4.83. The molecule has 4 rings (SSSR count). The topological polar surface area (TPSA) is 92.2 Å². The van der Waals surface area contributed by atoms with Crippen molar-refractivity contribution in [1.82, 2.24) is 15.0 Å². The van der Waals surface area contributed by atoms with Crippen LogP contribution in [0.4, 0.5) is 4.79 Å². The zero-order valence-electron chi connectivity index (χ0n) is 16.7. The number of benzene rings is 2. The lowest BCUT2D eigenvalue weighted by atomic mass is 10.0. The third-order valence-corrected chi connectivity index (χ3v) is 4.84. The first-order valence-electron chi connectivity index (χ1n) is 9.61. The van der Waals surface area contributed by atoms with E-state index in [0.717, 1.165) is 29.2 Å². The van der Waals surface area contributed by atoms with Crippen LogP contribution in [0.2, 0.25) is 0 Å². The van der Waals surface area contributed by atoms with E-state index in [9.17, 15) is 4.79 Å². The SMILES string of the molecule is CC(C)(C)OC(=O)N1CCCC1c1noc(-c2ccc3ccc(C#N)cc3c2)n1. The van der Waals surface area contributed by atoms with Crippen LogP contribution < -0.4 is 0 Å². The predicted molar refractivity (Wildman–Crippen MR) is 107 cm³/mol. The Hall–Kier alpha value is -3.40. The number of hydrogen-bond donors (Lipinski definition) is 0. The van der Waals surface area contributed by atoms with E-state index in [-0.39, 0.29) is 12.1 Å². The first-order chi connectivity index (χ1) is 13.8. The molecule has 29 heavy (non-hydrogen) atoms. The van der Waals surface area contributed by atoms with Crippen LogP contribution in [0.3, 0.4) is 0 Å². The number of nitrogens with zero attached hydrogens (tertiary/aromatic N) is 4. The van der Waals surface area contributed by atoms with Gasteiger partial charge >= 0.3 is 6.09 Å². The summed E-state index contributed by atoms with van der Waals surface area (Å²) in [5, 5.41) is 15.2. The van der Waals surface area contributed by atoms with Crippen molar-refractivity contribution in [3.05, 3.63) is 47.8 Å². The molecular formula is C22H22N4O3. The molecule has 1 unspecified atom stereocenters. The molecule has 2 heterocycles. The van der Waals surface area contributed by atoms with Gasteiger partial charge in [-0.3, -0.25) is 4.90 Å². The van der Waals surface area contributed by atoms with Crippen molar-refractivity contribution in [3.63, 3.8) is 0 Å². The molecule has 1 aromatic heterocycles. The third kappa shape index (κ3) is 3.92. The average molecular weight is 390 g/mol. The number of aromatic nitrogens is 2. The molecule has 0 saturated carbocycles. The van der Waals surface area contributed by atoms with Gasteiger partial charge < -0.3 is 9.26 Å². The van der Waals surface area contributed by atoms with Gasteiger partial charge in [0.15, 0.2) is 5.82 Å². The van der Waals surface area contributed by atoms with Gasteiger partial charge in [-0.15, -0.1) is 0 Å². The number of ether oxygens (including phenoxy) is 1. The fourth-order valence-electron chi connectivity index (χ4n) is 3.51. The van der Waals surface area contributed by atoms with Gasteiger partial charge in [-0.05, 0) is 68.7 Å². The summed E-state index contributed by atoms with van der Waals surface area (Å²) in [5.41, 5.74) is 0.813. The second-order valence-corrected chi connectivity index (χ2v) is 8.18. The van der Waals surface area contributed by atoms with E-state index in [1.807, 2.05) is 51.1 Å². The smallest absolute Gasteiger partial charge is 0.410 e. The highest BCUT2D eigenvalue weighted by molar-refractivity contribution is 5.87. The molecule has 0 N–H and O–H groups in total. The molecule has 1 atom stereocenters. The van der Waals surface area contributed by atoms with Crippen LogP contribution in [0, 0.1) is 11.3 Å². The van der Waals surface area contributed by atoms with E-state index >= 15 is 0 Å². The van der Waals surface area contributed by atoms with Crippen molar-refractivity contribution in [3.8, 4) is 17.5 Å². The maximum Gasteiger partial charge on any atom is 0.410 e. The summed E-state index contributed by atoms with van der Waals surface area (Å²) < 4.78 is 11.0. The first-order valence-corrected chi connectivity index (χ1v) is 9.61. The molecule has 7 nitrogen and oxygen atoms in total. The highest BCUT2D eigenvalue weighted by Crippen LogP contribution is 2.33. The van der Waals surface area contributed by atoms with Crippen molar-refractivity contribution >= 4 is 16.9 Å². The molecule has 0 radical (unpaired) electrons. The highest BCUT2D eigenvalue weighted by Gasteiger charge is 2.36. The fraction of sp³-hybridized carbons (Fsp3) is 0.364. The molecule has 1 saturated heterocycles. The molecule has 1 amide bonds. The molecule has 1 aliphatic heterocycles. The molecule has 0 bridgehead atoms. The van der Waals surface area contributed by atoms with Crippen molar-refractivity contribution in [2.75, 3.05) is 6.54 Å². The van der Waals surface area contributed by atoms with Gasteiger partial charge in [-0.2, -0.15) is 10.2 Å². The molecule has 3 aromatic rings. The first kappa shape index (κ1) is 18.9. The van der Waals surface area contributed by atoms with E-state index in [2.05, 4.69) is 16.2 Å². The quantitative estimate of drug-likeness (QED) is 0.622. The Labute approximate surface area is 168 Å². The lowest BCUT2D eigenvalue weighted by Crippen LogP contribution is -2.36. The van der Waals surface area contributed by atoms with E-state index in [4.69, 9.17) is 14.5 Å². The van der Waals surface area contributed by atoms with Gasteiger partial charge in [0.05, 0.1) is 17.7 Å². The van der Waals surface area contributed by atoms with Crippen LogP contribution in [-0.4, -0.2) is 33.3 Å². The Morgan fingerprint density at radius 2 is 2.03 bits per heavy atom. The maximum atomic E-state index is 12.5. The minimum absolute atomic E-state index is 0.256. The minimum Gasteiger partial charge on any atom is -0.444 e. The molecule has 148 valence electrons. The summed E-state index contributed by atoms with van der Waals surface area (Å²) in [4.78, 5) is 18.7. The summed E-state index contributed by atoms with van der Waals surface area (Å²) in [6, 6.07) is 13.2. The minimum atomic E-state index is -0.556. The van der Waals surface area contributed by atoms with Crippen molar-refractivity contribution in [1.29, 1.82) is 5.26 Å².